The summed E-state index contributed by atoms with van der Waals surface area (Å²) < 4.78 is 12.4. The lowest BCUT2D eigenvalue weighted by molar-refractivity contribution is 0.0338. The van der Waals surface area contributed by atoms with E-state index in [-0.39, 0.29) is 19.0 Å². The molecule has 0 aromatic heterocycles. The van der Waals surface area contributed by atoms with Gasteiger partial charge in [0, 0.05) is 0 Å². The maximum Gasteiger partial charge on any atom is 0.363 e. The quantitative estimate of drug-likeness (QED) is 0.295. The van der Waals surface area contributed by atoms with Crippen molar-refractivity contribution in [2.75, 3.05) is 0 Å². The van der Waals surface area contributed by atoms with Crippen molar-refractivity contribution in [1.29, 1.82) is 0 Å². The molecule has 1 aromatic carbocycles. The Hall–Kier alpha value is -1.71. The lowest BCUT2D eigenvalue weighted by Crippen LogP contribution is -2.35. The van der Waals surface area contributed by atoms with Gasteiger partial charge < -0.3 is 9.39 Å². The highest BCUT2D eigenvalue weighted by Gasteiger charge is 2.39. The minimum absolute atomic E-state index is 0.268. The molecule has 0 unspecified atom stereocenters. The van der Waals surface area contributed by atoms with E-state index in [1.165, 1.54) is 64.2 Å². The highest BCUT2D eigenvalue weighted by molar-refractivity contribution is 6.55. The minimum atomic E-state index is -0.368. The minimum Gasteiger partial charge on any atom is -0.561 e. The first-order chi connectivity index (χ1) is 13.7. The van der Waals surface area contributed by atoms with Crippen LogP contribution < -0.4 is 0 Å². The molecule has 0 radical (unpaired) electrons. The molecule has 3 nitrogen and oxygen atoms in total. The van der Waals surface area contributed by atoms with Gasteiger partial charge in [0.25, 0.3) is 0 Å². The second-order valence-electron chi connectivity index (χ2n) is 8.48. The van der Waals surface area contributed by atoms with Crippen LogP contribution in [0.1, 0.15) is 88.4 Å². The zero-order valence-corrected chi connectivity index (χ0v) is 17.6. The standard InChI is InChI=1S/C24H35BO3/c1-3-23(19(2)27-24(26)20-13-7-4-8-14-20)28-25(21-15-9-5-10-16-21)22-17-11-6-12-18-22/h3-4,7-8,13-14,19,21-22H,5-6,9-12,15-18H2,1-2H3/b23-3+/t19-/m0/s1. The second kappa shape index (κ2) is 10.7. The summed E-state index contributed by atoms with van der Waals surface area (Å²) in [5, 5.41) is 0. The smallest absolute Gasteiger partial charge is 0.363 e. The summed E-state index contributed by atoms with van der Waals surface area (Å²) in [5.74, 6) is 1.81. The molecule has 2 fully saturated rings. The summed E-state index contributed by atoms with van der Waals surface area (Å²) in [5.41, 5.74) is 0.584. The van der Waals surface area contributed by atoms with Gasteiger partial charge in [0.05, 0.1) is 5.56 Å². The summed E-state index contributed by atoms with van der Waals surface area (Å²) in [6, 6.07) is 9.20. The van der Waals surface area contributed by atoms with Crippen molar-refractivity contribution in [2.24, 2.45) is 0 Å². The Bertz CT molecular complexity index is 613. The van der Waals surface area contributed by atoms with E-state index in [0.29, 0.717) is 17.2 Å². The predicted molar refractivity (Wildman–Crippen MR) is 116 cm³/mol. The molecule has 0 bridgehead atoms. The fourth-order valence-corrected chi connectivity index (χ4v) is 4.92. The Morgan fingerprint density at radius 2 is 1.50 bits per heavy atom. The molecule has 1 aromatic rings. The van der Waals surface area contributed by atoms with Gasteiger partial charge in [-0.1, -0.05) is 82.4 Å². The maximum atomic E-state index is 12.5. The van der Waals surface area contributed by atoms with Crippen LogP contribution in [0.3, 0.4) is 0 Å². The van der Waals surface area contributed by atoms with Crippen molar-refractivity contribution in [3.05, 3.63) is 47.7 Å². The number of esters is 1. The molecule has 0 amide bonds. The van der Waals surface area contributed by atoms with Gasteiger partial charge >= 0.3 is 12.9 Å². The topological polar surface area (TPSA) is 35.5 Å². The molecule has 0 saturated heterocycles. The molecule has 1 atom stereocenters. The monoisotopic (exact) mass is 382 g/mol. The first-order valence-electron chi connectivity index (χ1n) is 11.3. The fourth-order valence-electron chi connectivity index (χ4n) is 4.92. The number of carbonyl (C=O) groups excluding carboxylic acids is 1. The van der Waals surface area contributed by atoms with E-state index in [1.807, 2.05) is 38.1 Å². The largest absolute Gasteiger partial charge is 0.561 e. The van der Waals surface area contributed by atoms with Gasteiger partial charge in [-0.2, -0.15) is 0 Å². The third-order valence-corrected chi connectivity index (χ3v) is 6.48. The molecule has 2 saturated carbocycles. The first-order valence-corrected chi connectivity index (χ1v) is 11.3. The number of benzene rings is 1. The molecule has 2 aliphatic rings. The molecule has 3 rings (SSSR count). The molecule has 152 valence electrons. The summed E-state index contributed by atoms with van der Waals surface area (Å²) in [4.78, 5) is 12.5. The van der Waals surface area contributed by atoms with Crippen LogP contribution in [0.2, 0.25) is 11.6 Å². The molecule has 2 aliphatic carbocycles. The third kappa shape index (κ3) is 5.65. The van der Waals surface area contributed by atoms with Crippen LogP contribution in [0.15, 0.2) is 42.2 Å². The zero-order chi connectivity index (χ0) is 19.8. The van der Waals surface area contributed by atoms with E-state index in [0.717, 1.165) is 5.76 Å². The van der Waals surface area contributed by atoms with Crippen LogP contribution in [-0.4, -0.2) is 19.0 Å². The van der Waals surface area contributed by atoms with Crippen LogP contribution >= 0.6 is 0 Å². The van der Waals surface area contributed by atoms with Crippen LogP contribution in [0, 0.1) is 0 Å². The van der Waals surface area contributed by atoms with E-state index in [4.69, 9.17) is 9.39 Å². The highest BCUT2D eigenvalue weighted by atomic mass is 16.6. The third-order valence-electron chi connectivity index (χ3n) is 6.48. The van der Waals surface area contributed by atoms with E-state index < -0.39 is 0 Å². The van der Waals surface area contributed by atoms with Crippen LogP contribution in [0.25, 0.3) is 0 Å². The van der Waals surface area contributed by atoms with E-state index >= 15 is 0 Å². The van der Waals surface area contributed by atoms with Crippen LogP contribution in [0.5, 0.6) is 0 Å². The molecule has 0 N–H and O–H groups in total. The predicted octanol–water partition coefficient (Wildman–Crippen LogP) is 6.81. The summed E-state index contributed by atoms with van der Waals surface area (Å²) in [7, 11) is 0. The normalized spacial score (nSPS) is 20.4. The number of carbonyl (C=O) groups is 1. The van der Waals surface area contributed by atoms with Gasteiger partial charge in [0.15, 0.2) is 6.10 Å². The number of hydrogen-bond donors (Lipinski definition) is 0. The van der Waals surface area contributed by atoms with E-state index in [2.05, 4.69) is 0 Å². The lowest BCUT2D eigenvalue weighted by atomic mass is 9.41. The fraction of sp³-hybridized carbons (Fsp3) is 0.625. The van der Waals surface area contributed by atoms with Crippen molar-refractivity contribution in [2.45, 2.75) is 95.8 Å². The van der Waals surface area contributed by atoms with Crippen LogP contribution in [0.4, 0.5) is 0 Å². The first kappa shape index (κ1) is 21.0. The molecule has 28 heavy (non-hydrogen) atoms. The van der Waals surface area contributed by atoms with Gasteiger partial charge in [-0.15, -0.1) is 0 Å². The van der Waals surface area contributed by atoms with E-state index in [1.54, 1.807) is 12.1 Å². The summed E-state index contributed by atoms with van der Waals surface area (Å²) in [6.45, 7) is 4.18. The average molecular weight is 382 g/mol. The number of allylic oxidation sites excluding steroid dienone is 1. The van der Waals surface area contributed by atoms with Gasteiger partial charge in [0.1, 0.15) is 5.76 Å². The van der Waals surface area contributed by atoms with Gasteiger partial charge in [-0.05, 0) is 43.7 Å². The van der Waals surface area contributed by atoms with Crippen molar-refractivity contribution >= 4 is 12.9 Å². The Balaban J connectivity index is 1.67. The lowest BCUT2D eigenvalue weighted by Gasteiger charge is -2.36. The van der Waals surface area contributed by atoms with Gasteiger partial charge in [0.2, 0.25) is 0 Å². The van der Waals surface area contributed by atoms with Crippen LogP contribution in [-0.2, 0) is 9.39 Å². The molecular formula is C24H35BO3. The molecule has 0 heterocycles. The van der Waals surface area contributed by atoms with Crippen molar-refractivity contribution in [3.8, 4) is 0 Å². The number of hydrogen-bond acceptors (Lipinski definition) is 3. The molecule has 0 aliphatic heterocycles. The zero-order valence-electron chi connectivity index (χ0n) is 17.6. The summed E-state index contributed by atoms with van der Waals surface area (Å²) in [6.07, 6.45) is 14.7. The average Bonchev–Trinajstić information content (AvgIpc) is 2.76. The highest BCUT2D eigenvalue weighted by Crippen LogP contribution is 2.42. The molecular weight excluding hydrogens is 347 g/mol. The maximum absolute atomic E-state index is 12.5. The Labute approximate surface area is 171 Å². The second-order valence-corrected chi connectivity index (χ2v) is 8.48. The van der Waals surface area contributed by atoms with Gasteiger partial charge in [-0.25, -0.2) is 4.79 Å². The Morgan fingerprint density at radius 3 is 2.00 bits per heavy atom. The van der Waals surface area contributed by atoms with Crippen molar-refractivity contribution < 1.29 is 14.2 Å². The molecule has 4 heteroatoms. The number of rotatable bonds is 7. The Kier molecular flexibility index (Phi) is 8.06. The molecule has 0 spiro atoms. The number of ether oxygens (including phenoxy) is 1. The summed E-state index contributed by atoms with van der Waals surface area (Å²) >= 11 is 0. The Morgan fingerprint density at radius 1 is 0.964 bits per heavy atom. The van der Waals surface area contributed by atoms with Crippen molar-refractivity contribution in [1.82, 2.24) is 0 Å². The SMILES string of the molecule is C/C=C(/OB(C1CCCCC1)C1CCCCC1)[C@H](C)OC(=O)c1ccccc1. The van der Waals surface area contributed by atoms with Gasteiger partial charge in [-0.3, -0.25) is 0 Å². The van der Waals surface area contributed by atoms with Crippen molar-refractivity contribution in [3.63, 3.8) is 0 Å². The van der Waals surface area contributed by atoms with E-state index in [9.17, 15) is 4.79 Å².